The molecule has 1 heterocycles. The van der Waals surface area contributed by atoms with E-state index in [2.05, 4.69) is 18.5 Å². The van der Waals surface area contributed by atoms with Crippen molar-refractivity contribution in [2.24, 2.45) is 5.92 Å². The topological polar surface area (TPSA) is 52.5 Å². The van der Waals surface area contributed by atoms with Gasteiger partial charge >= 0.3 is 0 Å². The van der Waals surface area contributed by atoms with Crippen molar-refractivity contribution in [2.75, 3.05) is 6.54 Å². The molecule has 1 aliphatic heterocycles. The summed E-state index contributed by atoms with van der Waals surface area (Å²) in [6.45, 7) is 8.00. The van der Waals surface area contributed by atoms with E-state index in [-0.39, 0.29) is 17.6 Å². The molecule has 0 aromatic rings. The summed E-state index contributed by atoms with van der Waals surface area (Å²) in [5.41, 5.74) is 0.828. The quantitative estimate of drug-likeness (QED) is 0.641. The Morgan fingerprint density at radius 3 is 2.65 bits per heavy atom. The van der Waals surface area contributed by atoms with Crippen LogP contribution < -0.4 is 5.32 Å². The number of nitrogens with one attached hydrogen (secondary N) is 1. The predicted octanol–water partition coefficient (Wildman–Crippen LogP) is 1.15. The van der Waals surface area contributed by atoms with Crippen LogP contribution in [0.2, 0.25) is 0 Å². The lowest BCUT2D eigenvalue weighted by Gasteiger charge is -2.39. The van der Waals surface area contributed by atoms with Crippen LogP contribution in [0.3, 0.4) is 0 Å². The summed E-state index contributed by atoms with van der Waals surface area (Å²) in [5.74, 6) is 0.0652. The van der Waals surface area contributed by atoms with E-state index in [1.54, 1.807) is 18.2 Å². The molecule has 3 unspecified atom stereocenters. The van der Waals surface area contributed by atoms with Gasteiger partial charge in [-0.15, -0.1) is 0 Å². The van der Waals surface area contributed by atoms with E-state index in [0.29, 0.717) is 13.0 Å². The van der Waals surface area contributed by atoms with Crippen molar-refractivity contribution in [3.05, 3.63) is 37.0 Å². The molecule has 2 rings (SSSR count). The number of rotatable bonds is 4. The highest BCUT2D eigenvalue weighted by Crippen LogP contribution is 2.48. The average molecular weight is 235 g/mol. The van der Waals surface area contributed by atoms with E-state index < -0.39 is 6.10 Å². The molecule has 0 amide bonds. The van der Waals surface area contributed by atoms with Gasteiger partial charge in [-0.3, -0.25) is 0 Å². The average Bonchev–Trinajstić information content (AvgIpc) is 3.09. The van der Waals surface area contributed by atoms with Crippen LogP contribution in [0.15, 0.2) is 37.0 Å². The van der Waals surface area contributed by atoms with Gasteiger partial charge in [-0.2, -0.15) is 0 Å². The van der Waals surface area contributed by atoms with Crippen LogP contribution in [0.1, 0.15) is 19.3 Å². The Labute approximate surface area is 103 Å². The smallest absolute Gasteiger partial charge is 0.0836 e. The predicted molar refractivity (Wildman–Crippen MR) is 68.6 cm³/mol. The molecule has 1 saturated heterocycles. The van der Waals surface area contributed by atoms with E-state index in [1.165, 1.54) is 0 Å². The largest absolute Gasteiger partial charge is 0.392 e. The minimum absolute atomic E-state index is 0.0436. The van der Waals surface area contributed by atoms with E-state index >= 15 is 0 Å². The van der Waals surface area contributed by atoms with Crippen LogP contribution in [-0.4, -0.2) is 34.5 Å². The molecule has 2 fully saturated rings. The maximum Gasteiger partial charge on any atom is 0.0836 e. The summed E-state index contributed by atoms with van der Waals surface area (Å²) in [4.78, 5) is 0. The lowest BCUT2D eigenvalue weighted by molar-refractivity contribution is 0.0241. The molecule has 0 aromatic heterocycles. The van der Waals surface area contributed by atoms with Crippen LogP contribution in [0.25, 0.3) is 0 Å². The Morgan fingerprint density at radius 2 is 2.12 bits per heavy atom. The SMILES string of the molecule is C=C/C=C(\C=C)C(O)C1CC(O)CNC12CC2. The highest BCUT2D eigenvalue weighted by Gasteiger charge is 2.54. The Bertz CT molecular complexity index is 344. The second-order valence-electron chi connectivity index (χ2n) is 5.08. The van der Waals surface area contributed by atoms with Gasteiger partial charge in [0.25, 0.3) is 0 Å². The number of β-amino-alcohol motifs (C(OH)–C–C–N with tert-alkyl or cyclic N) is 1. The number of hydrogen-bond acceptors (Lipinski definition) is 3. The van der Waals surface area contributed by atoms with Crippen molar-refractivity contribution in [1.29, 1.82) is 0 Å². The van der Waals surface area contributed by atoms with Gasteiger partial charge < -0.3 is 15.5 Å². The van der Waals surface area contributed by atoms with Gasteiger partial charge in [0.05, 0.1) is 12.2 Å². The monoisotopic (exact) mass is 235 g/mol. The number of allylic oxidation sites excluding steroid dienone is 2. The fourth-order valence-corrected chi connectivity index (χ4v) is 2.82. The maximum atomic E-state index is 10.4. The minimum Gasteiger partial charge on any atom is -0.392 e. The van der Waals surface area contributed by atoms with Crippen LogP contribution in [0.4, 0.5) is 0 Å². The maximum absolute atomic E-state index is 10.4. The van der Waals surface area contributed by atoms with E-state index in [0.717, 1.165) is 18.4 Å². The molecule has 0 radical (unpaired) electrons. The standard InChI is InChI=1S/C14H21NO2/c1-3-5-10(4-2)13(17)12-8-11(16)9-15-14(12)6-7-14/h3-5,11-13,15-17H,1-2,6-9H2/b10-5+. The van der Waals surface area contributed by atoms with Crippen molar-refractivity contribution in [3.63, 3.8) is 0 Å². The molecule has 3 atom stereocenters. The Hall–Kier alpha value is -0.900. The third kappa shape index (κ3) is 2.37. The molecule has 2 aliphatic rings. The lowest BCUT2D eigenvalue weighted by Crippen LogP contribution is -2.53. The zero-order valence-electron chi connectivity index (χ0n) is 10.1. The lowest BCUT2D eigenvalue weighted by atomic mass is 9.80. The Kier molecular flexibility index (Phi) is 3.52. The molecule has 3 N–H and O–H groups in total. The number of hydrogen-bond donors (Lipinski definition) is 3. The third-order valence-electron chi connectivity index (χ3n) is 3.98. The van der Waals surface area contributed by atoms with Crippen LogP contribution >= 0.6 is 0 Å². The zero-order valence-corrected chi connectivity index (χ0v) is 10.1. The minimum atomic E-state index is -0.574. The molecule has 3 heteroatoms. The fourth-order valence-electron chi connectivity index (χ4n) is 2.82. The highest BCUT2D eigenvalue weighted by atomic mass is 16.3. The van der Waals surface area contributed by atoms with Crippen LogP contribution in [-0.2, 0) is 0 Å². The second kappa shape index (κ2) is 4.77. The number of piperidine rings is 1. The number of aliphatic hydroxyl groups excluding tert-OH is 2. The van der Waals surface area contributed by atoms with Gasteiger partial charge in [-0.25, -0.2) is 0 Å². The second-order valence-corrected chi connectivity index (χ2v) is 5.08. The molecular formula is C14H21NO2. The fraction of sp³-hybridized carbons (Fsp3) is 0.571. The highest BCUT2D eigenvalue weighted by molar-refractivity contribution is 5.29. The normalized spacial score (nSPS) is 33.2. The first-order valence-electron chi connectivity index (χ1n) is 6.19. The third-order valence-corrected chi connectivity index (χ3v) is 3.98. The first kappa shape index (κ1) is 12.6. The van der Waals surface area contributed by atoms with Crippen molar-refractivity contribution in [3.8, 4) is 0 Å². The Balaban J connectivity index is 2.16. The van der Waals surface area contributed by atoms with Crippen LogP contribution in [0.5, 0.6) is 0 Å². The molecule has 17 heavy (non-hydrogen) atoms. The molecular weight excluding hydrogens is 214 g/mol. The van der Waals surface area contributed by atoms with Crippen LogP contribution in [0, 0.1) is 5.92 Å². The summed E-state index contributed by atoms with van der Waals surface area (Å²) in [6.07, 6.45) is 6.99. The number of aliphatic hydroxyl groups is 2. The van der Waals surface area contributed by atoms with Gasteiger partial charge in [0.2, 0.25) is 0 Å². The van der Waals surface area contributed by atoms with Gasteiger partial charge in [0.15, 0.2) is 0 Å². The van der Waals surface area contributed by atoms with Crippen molar-refractivity contribution in [2.45, 2.75) is 37.0 Å². The molecule has 3 nitrogen and oxygen atoms in total. The molecule has 0 bridgehead atoms. The summed E-state index contributed by atoms with van der Waals surface area (Å²) >= 11 is 0. The molecule has 1 spiro atoms. The first-order valence-corrected chi connectivity index (χ1v) is 6.19. The molecule has 0 aromatic carbocycles. The van der Waals surface area contributed by atoms with E-state index in [1.807, 2.05) is 0 Å². The van der Waals surface area contributed by atoms with Crippen molar-refractivity contribution < 1.29 is 10.2 Å². The summed E-state index contributed by atoms with van der Waals surface area (Å²) in [7, 11) is 0. The molecule has 1 aliphatic carbocycles. The zero-order chi connectivity index (χ0) is 12.5. The van der Waals surface area contributed by atoms with Gasteiger partial charge in [0.1, 0.15) is 0 Å². The summed E-state index contributed by atoms with van der Waals surface area (Å²) in [6, 6.07) is 0. The van der Waals surface area contributed by atoms with Gasteiger partial charge in [-0.1, -0.05) is 31.4 Å². The van der Waals surface area contributed by atoms with Crippen molar-refractivity contribution >= 4 is 0 Å². The van der Waals surface area contributed by atoms with Gasteiger partial charge in [-0.05, 0) is 24.8 Å². The Morgan fingerprint density at radius 1 is 1.41 bits per heavy atom. The van der Waals surface area contributed by atoms with E-state index in [9.17, 15) is 10.2 Å². The van der Waals surface area contributed by atoms with E-state index in [4.69, 9.17) is 0 Å². The molecule has 1 saturated carbocycles. The van der Waals surface area contributed by atoms with Crippen molar-refractivity contribution in [1.82, 2.24) is 5.32 Å². The summed E-state index contributed by atoms with van der Waals surface area (Å²) < 4.78 is 0. The first-order chi connectivity index (χ1) is 8.13. The summed E-state index contributed by atoms with van der Waals surface area (Å²) in [5, 5.41) is 23.5. The molecule has 94 valence electrons. The van der Waals surface area contributed by atoms with Gasteiger partial charge in [0, 0.05) is 18.0 Å².